The van der Waals surface area contributed by atoms with E-state index in [0.29, 0.717) is 35.7 Å². The van der Waals surface area contributed by atoms with Crippen LogP contribution in [0.2, 0.25) is 5.02 Å². The Labute approximate surface area is 212 Å². The standard InChI is InChI=1S/C26H23ClFN3O4S/c1-2-15-7-10-22-19(11-15)23(20-12-17(27)13-29-25(20)32)24(26(33)30-36(34,35)18-8-9-18)31(22)14-16-5-3-4-6-21(16)28/h3-7,10-13,18H,2,8-9,14H2,1H3,(H,29,32)(H,30,33). The summed E-state index contributed by atoms with van der Waals surface area (Å²) in [5.74, 6) is -1.36. The maximum absolute atomic E-state index is 14.7. The second kappa shape index (κ2) is 9.22. The van der Waals surface area contributed by atoms with Gasteiger partial charge in [-0.1, -0.05) is 42.8 Å². The molecule has 0 saturated heterocycles. The minimum absolute atomic E-state index is 0.0562. The fourth-order valence-electron chi connectivity index (χ4n) is 4.37. The lowest BCUT2D eigenvalue weighted by Crippen LogP contribution is -2.35. The van der Waals surface area contributed by atoms with Crippen LogP contribution >= 0.6 is 11.6 Å². The summed E-state index contributed by atoms with van der Waals surface area (Å²) in [7, 11) is -3.90. The monoisotopic (exact) mass is 527 g/mol. The van der Waals surface area contributed by atoms with Gasteiger partial charge in [-0.15, -0.1) is 0 Å². The van der Waals surface area contributed by atoms with Crippen LogP contribution in [0.25, 0.3) is 22.0 Å². The van der Waals surface area contributed by atoms with Crippen LogP contribution in [0.15, 0.2) is 59.5 Å². The molecule has 7 nitrogen and oxygen atoms in total. The molecule has 1 aliphatic carbocycles. The van der Waals surface area contributed by atoms with Crippen molar-refractivity contribution in [2.45, 2.75) is 38.0 Å². The Kier molecular flexibility index (Phi) is 6.22. The van der Waals surface area contributed by atoms with Gasteiger partial charge in [-0.2, -0.15) is 0 Å². The molecule has 0 aliphatic heterocycles. The fourth-order valence-corrected chi connectivity index (χ4v) is 5.82. The topological polar surface area (TPSA) is 101 Å². The molecule has 0 radical (unpaired) electrons. The predicted molar refractivity (Wildman–Crippen MR) is 137 cm³/mol. The zero-order chi connectivity index (χ0) is 25.6. The van der Waals surface area contributed by atoms with Gasteiger partial charge in [0.15, 0.2) is 0 Å². The quantitative estimate of drug-likeness (QED) is 0.366. The maximum Gasteiger partial charge on any atom is 0.282 e. The van der Waals surface area contributed by atoms with E-state index in [9.17, 15) is 22.4 Å². The normalized spacial score (nSPS) is 13.8. The lowest BCUT2D eigenvalue weighted by molar-refractivity contribution is 0.0974. The lowest BCUT2D eigenvalue weighted by Gasteiger charge is -2.13. The maximum atomic E-state index is 14.7. The summed E-state index contributed by atoms with van der Waals surface area (Å²) < 4.78 is 43.8. The third-order valence-electron chi connectivity index (χ3n) is 6.37. The molecule has 10 heteroatoms. The summed E-state index contributed by atoms with van der Waals surface area (Å²) in [4.78, 5) is 29.2. The first-order chi connectivity index (χ1) is 17.2. The fraction of sp³-hybridized carbons (Fsp3) is 0.231. The van der Waals surface area contributed by atoms with E-state index in [0.717, 1.165) is 5.56 Å². The summed E-state index contributed by atoms with van der Waals surface area (Å²) in [6.45, 7) is 1.92. The van der Waals surface area contributed by atoms with Crippen LogP contribution in [0, 0.1) is 5.82 Å². The number of aromatic amines is 1. The van der Waals surface area contributed by atoms with Crippen LogP contribution in [0.4, 0.5) is 4.39 Å². The highest BCUT2D eigenvalue weighted by Gasteiger charge is 2.38. The van der Waals surface area contributed by atoms with Gasteiger partial charge < -0.3 is 9.55 Å². The third kappa shape index (κ3) is 4.44. The third-order valence-corrected chi connectivity index (χ3v) is 8.41. The molecule has 1 amide bonds. The van der Waals surface area contributed by atoms with E-state index >= 15 is 0 Å². The molecule has 0 unspecified atom stereocenters. The van der Waals surface area contributed by atoms with Crippen molar-refractivity contribution in [3.8, 4) is 11.1 Å². The molecule has 0 bridgehead atoms. The van der Waals surface area contributed by atoms with Crippen molar-refractivity contribution in [1.82, 2.24) is 14.3 Å². The Hall–Kier alpha value is -3.43. The zero-order valence-electron chi connectivity index (χ0n) is 19.3. The average molecular weight is 528 g/mol. The van der Waals surface area contributed by atoms with Gasteiger partial charge in [-0.25, -0.2) is 17.5 Å². The highest BCUT2D eigenvalue weighted by Crippen LogP contribution is 2.36. The van der Waals surface area contributed by atoms with Crippen LogP contribution in [0.1, 0.15) is 41.4 Å². The number of aromatic nitrogens is 2. The van der Waals surface area contributed by atoms with E-state index in [4.69, 9.17) is 11.6 Å². The largest absolute Gasteiger partial charge is 0.331 e. The first kappa shape index (κ1) is 24.3. The van der Waals surface area contributed by atoms with E-state index in [2.05, 4.69) is 9.71 Å². The highest BCUT2D eigenvalue weighted by atomic mass is 35.5. The molecule has 0 spiro atoms. The van der Waals surface area contributed by atoms with E-state index in [-0.39, 0.29) is 28.4 Å². The Balaban J connectivity index is 1.83. The van der Waals surface area contributed by atoms with Crippen LogP contribution in [-0.2, 0) is 23.0 Å². The summed E-state index contributed by atoms with van der Waals surface area (Å²) in [6, 6.07) is 13.1. The first-order valence-corrected chi connectivity index (χ1v) is 13.4. The van der Waals surface area contributed by atoms with E-state index in [1.54, 1.807) is 28.8 Å². The second-order valence-corrected chi connectivity index (χ2v) is 11.2. The number of fused-ring (bicyclic) bond motifs is 1. The highest BCUT2D eigenvalue weighted by molar-refractivity contribution is 7.91. The Morgan fingerprint density at radius 2 is 1.94 bits per heavy atom. The molecule has 2 aromatic heterocycles. The Morgan fingerprint density at radius 1 is 1.19 bits per heavy atom. The molecular weight excluding hydrogens is 505 g/mol. The number of hydrogen-bond donors (Lipinski definition) is 2. The molecule has 2 N–H and O–H groups in total. The van der Waals surface area contributed by atoms with Gasteiger partial charge in [0.2, 0.25) is 10.0 Å². The number of halogens is 2. The number of benzene rings is 2. The predicted octanol–water partition coefficient (Wildman–Crippen LogP) is 4.62. The zero-order valence-corrected chi connectivity index (χ0v) is 20.9. The van der Waals surface area contributed by atoms with Gasteiger partial charge in [0.05, 0.1) is 22.4 Å². The minimum atomic E-state index is -3.90. The molecule has 1 saturated carbocycles. The van der Waals surface area contributed by atoms with Gasteiger partial charge in [0.1, 0.15) is 11.5 Å². The van der Waals surface area contributed by atoms with Gasteiger partial charge in [-0.3, -0.25) is 9.59 Å². The molecule has 186 valence electrons. The van der Waals surface area contributed by atoms with Crippen LogP contribution in [0.5, 0.6) is 0 Å². The first-order valence-electron chi connectivity index (χ1n) is 11.5. The number of pyridine rings is 1. The number of sulfonamides is 1. The van der Waals surface area contributed by atoms with Gasteiger partial charge >= 0.3 is 0 Å². The second-order valence-electron chi connectivity index (χ2n) is 8.84. The number of carbonyl (C=O) groups is 1. The van der Waals surface area contributed by atoms with Gasteiger partial charge in [-0.05, 0) is 49.1 Å². The van der Waals surface area contributed by atoms with E-state index in [1.165, 1.54) is 18.3 Å². The average Bonchev–Trinajstić information content (AvgIpc) is 3.66. The van der Waals surface area contributed by atoms with Crippen LogP contribution in [0.3, 0.4) is 0 Å². The number of nitrogens with one attached hydrogen (secondary N) is 2. The summed E-state index contributed by atoms with van der Waals surface area (Å²) >= 11 is 6.20. The summed E-state index contributed by atoms with van der Waals surface area (Å²) in [6.07, 6.45) is 2.97. The van der Waals surface area contributed by atoms with Gasteiger partial charge in [0.25, 0.3) is 11.5 Å². The number of carbonyl (C=O) groups excluding carboxylic acids is 1. The SMILES string of the molecule is CCc1ccc2c(c1)c(-c1cc(Cl)c[nH]c1=O)c(C(=O)NS(=O)(=O)C1CC1)n2Cc1ccccc1F. The molecule has 0 atom stereocenters. The molecule has 2 heterocycles. The number of aryl methyl sites for hydroxylation is 1. The van der Waals surface area contributed by atoms with Crippen molar-refractivity contribution in [1.29, 1.82) is 0 Å². The Morgan fingerprint density at radius 3 is 2.64 bits per heavy atom. The van der Waals surface area contributed by atoms with Gasteiger partial charge in [0, 0.05) is 28.2 Å². The van der Waals surface area contributed by atoms with Crippen LogP contribution < -0.4 is 10.3 Å². The van der Waals surface area contributed by atoms with E-state index < -0.39 is 32.6 Å². The summed E-state index contributed by atoms with van der Waals surface area (Å²) in [5, 5.41) is 0.172. The number of rotatable bonds is 7. The number of amides is 1. The molecule has 5 rings (SSSR count). The van der Waals surface area contributed by atoms with Crippen LogP contribution in [-0.4, -0.2) is 29.1 Å². The summed E-state index contributed by atoms with van der Waals surface area (Å²) in [5.41, 5.74) is 1.61. The van der Waals surface area contributed by atoms with Crippen molar-refractivity contribution in [2.75, 3.05) is 0 Å². The van der Waals surface area contributed by atoms with E-state index in [1.807, 2.05) is 19.1 Å². The molecule has 2 aromatic carbocycles. The number of nitrogens with zero attached hydrogens (tertiary/aromatic N) is 1. The Bertz CT molecular complexity index is 1670. The minimum Gasteiger partial charge on any atom is -0.331 e. The molecular formula is C26H23ClFN3O4S. The molecule has 1 fully saturated rings. The number of hydrogen-bond acceptors (Lipinski definition) is 4. The number of H-pyrrole nitrogens is 1. The van der Waals surface area contributed by atoms with Crippen molar-refractivity contribution in [3.63, 3.8) is 0 Å². The molecule has 4 aromatic rings. The molecule has 36 heavy (non-hydrogen) atoms. The van der Waals surface area contributed by atoms with Crippen molar-refractivity contribution in [2.24, 2.45) is 0 Å². The molecule has 1 aliphatic rings. The lowest BCUT2D eigenvalue weighted by atomic mass is 10.0. The van der Waals surface area contributed by atoms with Crippen molar-refractivity contribution >= 4 is 38.4 Å². The van der Waals surface area contributed by atoms with Crippen molar-refractivity contribution < 1.29 is 17.6 Å². The smallest absolute Gasteiger partial charge is 0.282 e. The van der Waals surface area contributed by atoms with Crippen molar-refractivity contribution in [3.05, 3.63) is 92.7 Å².